The van der Waals surface area contributed by atoms with Crippen LogP contribution in [0, 0.1) is 34.0 Å². The highest BCUT2D eigenvalue weighted by atomic mass is 16.4. The number of hydrogen-bond donors (Lipinski definition) is 0. The lowest BCUT2D eigenvalue weighted by atomic mass is 10.1. The molecule has 1 aliphatic rings. The molecule has 0 bridgehead atoms. The van der Waals surface area contributed by atoms with Crippen molar-refractivity contribution in [2.75, 3.05) is 36.0 Å². The number of piperazine rings is 1. The van der Waals surface area contributed by atoms with Gasteiger partial charge in [-0.2, -0.15) is 20.8 Å². The maximum atomic E-state index is 9.41. The summed E-state index contributed by atoms with van der Waals surface area (Å²) in [5, 5.41) is 28.2. The van der Waals surface area contributed by atoms with Crippen molar-refractivity contribution in [3.8, 4) is 29.9 Å². The molecule has 1 aliphatic heterocycles. The largest absolute Gasteiger partial charge is 0.459 e. The molecule has 0 aliphatic carbocycles. The predicted octanol–water partition coefficient (Wildman–Crippen LogP) is 2.88. The lowest BCUT2D eigenvalue weighted by Gasteiger charge is -2.36. The number of furan rings is 1. The van der Waals surface area contributed by atoms with Gasteiger partial charge in [0, 0.05) is 26.2 Å². The molecule has 0 amide bonds. The van der Waals surface area contributed by atoms with E-state index < -0.39 is 0 Å². The van der Waals surface area contributed by atoms with Gasteiger partial charge in [0.05, 0.1) is 23.1 Å². The number of nitrogens with zero attached hydrogens (tertiary/aromatic N) is 6. The summed E-state index contributed by atoms with van der Waals surface area (Å²) in [6, 6.07) is 15.0. The molecular formula is C20H14N6O2. The van der Waals surface area contributed by atoms with Crippen molar-refractivity contribution in [3.05, 3.63) is 53.4 Å². The fourth-order valence-corrected chi connectivity index (χ4v) is 3.30. The summed E-state index contributed by atoms with van der Waals surface area (Å²) in [7, 11) is 0. The van der Waals surface area contributed by atoms with E-state index in [-0.39, 0.29) is 11.6 Å². The van der Waals surface area contributed by atoms with Gasteiger partial charge in [0.1, 0.15) is 18.2 Å². The van der Waals surface area contributed by atoms with Crippen molar-refractivity contribution < 1.29 is 8.83 Å². The number of rotatable bonds is 3. The molecule has 8 nitrogen and oxygen atoms in total. The zero-order chi connectivity index (χ0) is 19.5. The Balaban J connectivity index is 1.57. The van der Waals surface area contributed by atoms with E-state index in [0.29, 0.717) is 54.6 Å². The Morgan fingerprint density at radius 3 is 2.11 bits per heavy atom. The molecule has 0 radical (unpaired) electrons. The topological polar surface area (TPSA) is 117 Å². The first kappa shape index (κ1) is 17.2. The average molecular weight is 370 g/mol. The highest BCUT2D eigenvalue weighted by Crippen LogP contribution is 2.31. The van der Waals surface area contributed by atoms with Gasteiger partial charge in [0.2, 0.25) is 11.6 Å². The van der Waals surface area contributed by atoms with E-state index in [2.05, 4.69) is 23.2 Å². The van der Waals surface area contributed by atoms with Gasteiger partial charge >= 0.3 is 0 Å². The van der Waals surface area contributed by atoms with Gasteiger partial charge in [-0.3, -0.25) is 0 Å². The molecule has 28 heavy (non-hydrogen) atoms. The van der Waals surface area contributed by atoms with Crippen LogP contribution in [0.25, 0.3) is 11.7 Å². The van der Waals surface area contributed by atoms with Crippen LogP contribution in [0.15, 0.2) is 45.4 Å². The molecule has 3 heterocycles. The molecule has 3 aromatic rings. The van der Waals surface area contributed by atoms with Crippen LogP contribution < -0.4 is 9.80 Å². The first-order chi connectivity index (χ1) is 13.7. The predicted molar refractivity (Wildman–Crippen MR) is 99.2 cm³/mol. The van der Waals surface area contributed by atoms with Crippen LogP contribution in [-0.4, -0.2) is 31.2 Å². The Bertz CT molecular complexity index is 1090. The number of anilines is 2. The van der Waals surface area contributed by atoms with Crippen molar-refractivity contribution in [2.24, 2.45) is 0 Å². The second kappa shape index (κ2) is 7.19. The van der Waals surface area contributed by atoms with Crippen molar-refractivity contribution in [3.63, 3.8) is 0 Å². The van der Waals surface area contributed by atoms with Crippen LogP contribution in [0.4, 0.5) is 11.6 Å². The first-order valence-electron chi connectivity index (χ1n) is 8.63. The monoisotopic (exact) mass is 370 g/mol. The minimum absolute atomic E-state index is 0.204. The minimum atomic E-state index is 0.204. The average Bonchev–Trinajstić information content (AvgIpc) is 3.42. The maximum Gasteiger partial charge on any atom is 0.266 e. The Kier molecular flexibility index (Phi) is 4.42. The molecular weight excluding hydrogens is 356 g/mol. The summed E-state index contributed by atoms with van der Waals surface area (Å²) < 4.78 is 11.1. The summed E-state index contributed by atoms with van der Waals surface area (Å²) >= 11 is 0. The highest BCUT2D eigenvalue weighted by Gasteiger charge is 2.27. The van der Waals surface area contributed by atoms with Crippen molar-refractivity contribution in [1.82, 2.24) is 4.98 Å². The number of hydrogen-bond acceptors (Lipinski definition) is 8. The lowest BCUT2D eigenvalue weighted by Crippen LogP contribution is -2.47. The SMILES string of the molecule is N#Cc1cccc(C#N)c1N1CCN(c2oc(-c3ccco3)nc2C#N)CC1. The van der Waals surface area contributed by atoms with Crippen LogP contribution in [0.5, 0.6) is 0 Å². The first-order valence-corrected chi connectivity index (χ1v) is 8.63. The van der Waals surface area contributed by atoms with Gasteiger partial charge in [0.15, 0.2) is 5.76 Å². The van der Waals surface area contributed by atoms with E-state index in [1.54, 1.807) is 30.3 Å². The van der Waals surface area contributed by atoms with E-state index in [1.165, 1.54) is 6.26 Å². The number of para-hydroxylation sites is 1. The number of benzene rings is 1. The normalized spacial score (nSPS) is 13.6. The van der Waals surface area contributed by atoms with Gasteiger partial charge in [-0.05, 0) is 24.3 Å². The third-order valence-electron chi connectivity index (χ3n) is 4.61. The number of nitriles is 3. The fourth-order valence-electron chi connectivity index (χ4n) is 3.30. The van der Waals surface area contributed by atoms with Gasteiger partial charge in [0.25, 0.3) is 5.89 Å². The second-order valence-electron chi connectivity index (χ2n) is 6.16. The molecule has 2 aromatic heterocycles. The summed E-state index contributed by atoms with van der Waals surface area (Å²) in [5.41, 5.74) is 1.81. The molecule has 8 heteroatoms. The molecule has 4 rings (SSSR count). The van der Waals surface area contributed by atoms with Crippen LogP contribution in [0.2, 0.25) is 0 Å². The summed E-state index contributed by atoms with van der Waals surface area (Å²) in [6.07, 6.45) is 1.52. The van der Waals surface area contributed by atoms with Crippen molar-refractivity contribution in [2.45, 2.75) is 0 Å². The van der Waals surface area contributed by atoms with Gasteiger partial charge in [-0.15, -0.1) is 0 Å². The summed E-state index contributed by atoms with van der Waals surface area (Å²) in [5.74, 6) is 1.13. The van der Waals surface area contributed by atoms with E-state index >= 15 is 0 Å². The Hall–Kier alpha value is -4.22. The third-order valence-corrected chi connectivity index (χ3v) is 4.61. The Labute approximate surface area is 161 Å². The van der Waals surface area contributed by atoms with Crippen LogP contribution in [0.1, 0.15) is 16.8 Å². The molecule has 0 N–H and O–H groups in total. The highest BCUT2D eigenvalue weighted by molar-refractivity contribution is 5.69. The quantitative estimate of drug-likeness (QED) is 0.691. The van der Waals surface area contributed by atoms with E-state index in [4.69, 9.17) is 8.83 Å². The standard InChI is InChI=1S/C20H14N6O2/c21-11-14-3-1-4-15(12-22)18(14)25-6-8-26(9-7-25)20-16(13-23)24-19(28-20)17-5-2-10-27-17/h1-5,10H,6-9H2. The molecule has 0 spiro atoms. The smallest absolute Gasteiger partial charge is 0.266 e. The van der Waals surface area contributed by atoms with E-state index in [1.807, 2.05) is 9.80 Å². The molecule has 0 unspecified atom stereocenters. The van der Waals surface area contributed by atoms with Crippen LogP contribution in [-0.2, 0) is 0 Å². The van der Waals surface area contributed by atoms with Crippen LogP contribution in [0.3, 0.4) is 0 Å². The minimum Gasteiger partial charge on any atom is -0.459 e. The summed E-state index contributed by atoms with van der Waals surface area (Å²) in [4.78, 5) is 8.17. The van der Waals surface area contributed by atoms with Crippen LogP contribution >= 0.6 is 0 Å². The van der Waals surface area contributed by atoms with E-state index in [0.717, 1.165) is 0 Å². The van der Waals surface area contributed by atoms with Gasteiger partial charge < -0.3 is 18.6 Å². The molecule has 1 aromatic carbocycles. The molecule has 1 fully saturated rings. The fraction of sp³-hybridized carbons (Fsp3) is 0.200. The van der Waals surface area contributed by atoms with Crippen molar-refractivity contribution >= 4 is 11.6 Å². The molecule has 0 atom stereocenters. The zero-order valence-electron chi connectivity index (χ0n) is 14.8. The zero-order valence-corrected chi connectivity index (χ0v) is 14.8. The van der Waals surface area contributed by atoms with Gasteiger partial charge in [-0.25, -0.2) is 0 Å². The maximum absolute atomic E-state index is 9.41. The third kappa shape index (κ3) is 2.92. The van der Waals surface area contributed by atoms with Gasteiger partial charge in [-0.1, -0.05) is 6.07 Å². The van der Waals surface area contributed by atoms with E-state index in [9.17, 15) is 15.8 Å². The second-order valence-corrected chi connectivity index (χ2v) is 6.16. The number of oxazole rings is 1. The summed E-state index contributed by atoms with van der Waals surface area (Å²) in [6.45, 7) is 2.28. The number of aromatic nitrogens is 1. The Morgan fingerprint density at radius 1 is 0.857 bits per heavy atom. The Morgan fingerprint density at radius 2 is 1.54 bits per heavy atom. The molecule has 136 valence electrons. The van der Waals surface area contributed by atoms with Crippen molar-refractivity contribution in [1.29, 1.82) is 15.8 Å². The molecule has 1 saturated heterocycles. The molecule has 0 saturated carbocycles. The lowest BCUT2D eigenvalue weighted by molar-refractivity contribution is 0.501.